The number of pyridine rings is 1. The molecule has 0 bridgehead atoms. The highest BCUT2D eigenvalue weighted by Gasteiger charge is 2.21. The highest BCUT2D eigenvalue weighted by Crippen LogP contribution is 2.25. The summed E-state index contributed by atoms with van der Waals surface area (Å²) < 4.78 is 0. The molecular formula is C26H30N2O. The number of aromatic nitrogens is 1. The van der Waals surface area contributed by atoms with Crippen LogP contribution in [0.2, 0.25) is 0 Å². The van der Waals surface area contributed by atoms with Crippen LogP contribution in [0.25, 0.3) is 22.0 Å². The topological polar surface area (TPSA) is 33.2 Å². The van der Waals surface area contributed by atoms with Gasteiger partial charge in [0.15, 0.2) is 0 Å². The van der Waals surface area contributed by atoms with Crippen molar-refractivity contribution in [3.63, 3.8) is 0 Å². The number of benzene rings is 2. The number of aryl methyl sites for hydroxylation is 2. The molecule has 150 valence electrons. The van der Waals surface area contributed by atoms with Crippen molar-refractivity contribution < 1.29 is 4.79 Å². The summed E-state index contributed by atoms with van der Waals surface area (Å²) in [6.45, 7) is 2.10. The third-order valence-corrected chi connectivity index (χ3v) is 6.27. The van der Waals surface area contributed by atoms with Crippen LogP contribution < -0.4 is 0 Å². The SMILES string of the molecule is Cc1ccc(-c2ccc3ncc(CCC(=O)N(C)C4CCCCC4)cc3c2)cc1. The van der Waals surface area contributed by atoms with Crippen LogP contribution in [0.15, 0.2) is 54.7 Å². The Kier molecular flexibility index (Phi) is 5.94. The van der Waals surface area contributed by atoms with Crippen molar-refractivity contribution in [2.75, 3.05) is 7.05 Å². The van der Waals surface area contributed by atoms with E-state index in [0.29, 0.717) is 12.5 Å². The van der Waals surface area contributed by atoms with Crippen molar-refractivity contribution in [3.05, 3.63) is 65.9 Å². The molecule has 3 heteroatoms. The van der Waals surface area contributed by atoms with Gasteiger partial charge in [0, 0.05) is 31.1 Å². The van der Waals surface area contributed by atoms with Gasteiger partial charge >= 0.3 is 0 Å². The van der Waals surface area contributed by atoms with Gasteiger partial charge < -0.3 is 4.90 Å². The standard InChI is InChI=1S/C26H30N2O/c1-19-8-11-21(12-9-19)22-13-14-25-23(17-22)16-20(18-27-25)10-15-26(29)28(2)24-6-4-3-5-7-24/h8-9,11-14,16-18,24H,3-7,10,15H2,1-2H3. The Labute approximate surface area is 173 Å². The van der Waals surface area contributed by atoms with Gasteiger partial charge in [-0.1, -0.05) is 55.2 Å². The lowest BCUT2D eigenvalue weighted by Gasteiger charge is -2.31. The molecule has 1 aliphatic carbocycles. The minimum atomic E-state index is 0.255. The van der Waals surface area contributed by atoms with Gasteiger partial charge in [0.05, 0.1) is 5.52 Å². The molecule has 1 heterocycles. The summed E-state index contributed by atoms with van der Waals surface area (Å²) in [7, 11) is 1.98. The van der Waals surface area contributed by atoms with Gasteiger partial charge in [-0.3, -0.25) is 9.78 Å². The van der Waals surface area contributed by atoms with Gasteiger partial charge in [0.25, 0.3) is 0 Å². The van der Waals surface area contributed by atoms with Gasteiger partial charge in [0.2, 0.25) is 5.91 Å². The van der Waals surface area contributed by atoms with E-state index in [1.165, 1.54) is 36.0 Å². The maximum Gasteiger partial charge on any atom is 0.222 e. The lowest BCUT2D eigenvalue weighted by molar-refractivity contribution is -0.132. The van der Waals surface area contributed by atoms with Gasteiger partial charge in [-0.2, -0.15) is 0 Å². The Morgan fingerprint density at radius 3 is 2.48 bits per heavy atom. The Morgan fingerprint density at radius 2 is 1.72 bits per heavy atom. The van der Waals surface area contributed by atoms with Gasteiger partial charge in [-0.25, -0.2) is 0 Å². The van der Waals surface area contributed by atoms with Crippen LogP contribution in [-0.2, 0) is 11.2 Å². The maximum absolute atomic E-state index is 12.7. The van der Waals surface area contributed by atoms with Gasteiger partial charge in [-0.05, 0) is 61.1 Å². The molecular weight excluding hydrogens is 356 g/mol. The fraction of sp³-hybridized carbons (Fsp3) is 0.385. The van der Waals surface area contributed by atoms with Crippen LogP contribution >= 0.6 is 0 Å². The van der Waals surface area contributed by atoms with Crippen molar-refractivity contribution in [2.24, 2.45) is 0 Å². The lowest BCUT2D eigenvalue weighted by Crippen LogP contribution is -2.38. The fourth-order valence-electron chi connectivity index (χ4n) is 4.34. The zero-order valence-electron chi connectivity index (χ0n) is 17.5. The van der Waals surface area contributed by atoms with Crippen molar-refractivity contribution in [1.82, 2.24) is 9.88 Å². The minimum Gasteiger partial charge on any atom is -0.343 e. The molecule has 0 spiro atoms. The van der Waals surface area contributed by atoms with E-state index >= 15 is 0 Å². The first kappa shape index (κ1) is 19.6. The van der Waals surface area contributed by atoms with Crippen LogP contribution in [-0.4, -0.2) is 28.9 Å². The second-order valence-electron chi connectivity index (χ2n) is 8.41. The first-order valence-electron chi connectivity index (χ1n) is 10.8. The molecule has 1 aliphatic rings. The highest BCUT2D eigenvalue weighted by molar-refractivity contribution is 5.85. The predicted octanol–water partition coefficient (Wildman–Crippen LogP) is 5.93. The van der Waals surface area contributed by atoms with Crippen molar-refractivity contribution >= 4 is 16.8 Å². The second-order valence-corrected chi connectivity index (χ2v) is 8.41. The minimum absolute atomic E-state index is 0.255. The highest BCUT2D eigenvalue weighted by atomic mass is 16.2. The maximum atomic E-state index is 12.7. The van der Waals surface area contributed by atoms with Crippen molar-refractivity contribution in [3.8, 4) is 11.1 Å². The number of amides is 1. The molecule has 1 saturated carbocycles. The number of nitrogens with zero attached hydrogens (tertiary/aromatic N) is 2. The molecule has 3 nitrogen and oxygen atoms in total. The smallest absolute Gasteiger partial charge is 0.222 e. The molecule has 29 heavy (non-hydrogen) atoms. The summed E-state index contributed by atoms with van der Waals surface area (Å²) in [4.78, 5) is 19.3. The normalized spacial score (nSPS) is 14.8. The number of carbonyl (C=O) groups is 1. The summed E-state index contributed by atoms with van der Waals surface area (Å²) >= 11 is 0. The van der Waals surface area contributed by atoms with Crippen LogP contribution in [0.3, 0.4) is 0 Å². The van der Waals surface area contributed by atoms with Crippen LogP contribution in [0.1, 0.15) is 49.7 Å². The molecule has 4 rings (SSSR count). The molecule has 0 atom stereocenters. The number of fused-ring (bicyclic) bond motifs is 1. The summed E-state index contributed by atoms with van der Waals surface area (Å²) in [5.74, 6) is 0.255. The molecule has 0 unspecified atom stereocenters. The predicted molar refractivity (Wildman–Crippen MR) is 120 cm³/mol. The van der Waals surface area contributed by atoms with Crippen LogP contribution in [0, 0.1) is 6.92 Å². The van der Waals surface area contributed by atoms with E-state index < -0.39 is 0 Å². The number of hydrogen-bond acceptors (Lipinski definition) is 2. The molecule has 0 radical (unpaired) electrons. The second kappa shape index (κ2) is 8.77. The zero-order chi connectivity index (χ0) is 20.2. The van der Waals surface area contributed by atoms with Crippen LogP contribution in [0.5, 0.6) is 0 Å². The summed E-state index contributed by atoms with van der Waals surface area (Å²) in [6, 6.07) is 17.6. The number of hydrogen-bond donors (Lipinski definition) is 0. The Bertz CT molecular complexity index is 987. The quantitative estimate of drug-likeness (QED) is 0.544. The number of carbonyl (C=O) groups excluding carboxylic acids is 1. The molecule has 1 fully saturated rings. The lowest BCUT2D eigenvalue weighted by atomic mass is 9.94. The van der Waals surface area contributed by atoms with Gasteiger partial charge in [-0.15, -0.1) is 0 Å². The number of rotatable bonds is 5. The van der Waals surface area contributed by atoms with E-state index in [4.69, 9.17) is 0 Å². The van der Waals surface area contributed by atoms with E-state index in [1.807, 2.05) is 18.1 Å². The Hall–Kier alpha value is -2.68. The van der Waals surface area contributed by atoms with Gasteiger partial charge in [0.1, 0.15) is 0 Å². The summed E-state index contributed by atoms with van der Waals surface area (Å²) in [5, 5.41) is 1.13. The molecule has 1 amide bonds. The van der Waals surface area contributed by atoms with E-state index in [9.17, 15) is 4.79 Å². The third kappa shape index (κ3) is 4.67. The summed E-state index contributed by atoms with van der Waals surface area (Å²) in [5.41, 5.74) is 5.80. The first-order chi connectivity index (χ1) is 14.1. The van der Waals surface area contributed by atoms with E-state index in [-0.39, 0.29) is 5.91 Å². The molecule has 0 N–H and O–H groups in total. The summed E-state index contributed by atoms with van der Waals surface area (Å²) in [6.07, 6.45) is 9.34. The molecule has 2 aromatic carbocycles. The fourth-order valence-corrected chi connectivity index (χ4v) is 4.34. The van der Waals surface area contributed by atoms with E-state index in [2.05, 4.69) is 60.4 Å². The molecule has 0 saturated heterocycles. The van der Waals surface area contributed by atoms with E-state index in [0.717, 1.165) is 35.7 Å². The largest absolute Gasteiger partial charge is 0.343 e. The monoisotopic (exact) mass is 386 g/mol. The molecule has 1 aromatic heterocycles. The Morgan fingerprint density at radius 1 is 1.00 bits per heavy atom. The van der Waals surface area contributed by atoms with Crippen molar-refractivity contribution in [2.45, 2.75) is 57.9 Å². The average molecular weight is 387 g/mol. The van der Waals surface area contributed by atoms with Crippen molar-refractivity contribution in [1.29, 1.82) is 0 Å². The third-order valence-electron chi connectivity index (χ3n) is 6.27. The Balaban J connectivity index is 1.46. The first-order valence-corrected chi connectivity index (χ1v) is 10.8. The van der Waals surface area contributed by atoms with E-state index in [1.54, 1.807) is 0 Å². The average Bonchev–Trinajstić information content (AvgIpc) is 2.77. The van der Waals surface area contributed by atoms with Crippen LogP contribution in [0.4, 0.5) is 0 Å². The molecule has 3 aromatic rings. The molecule has 0 aliphatic heterocycles. The zero-order valence-corrected chi connectivity index (χ0v) is 17.5.